The van der Waals surface area contributed by atoms with Crippen LogP contribution in [0.25, 0.3) is 0 Å². The van der Waals surface area contributed by atoms with Crippen LogP contribution in [-0.2, 0) is 16.0 Å². The molecule has 1 aromatic rings. The van der Waals surface area contributed by atoms with E-state index in [1.165, 1.54) is 12.4 Å². The zero-order chi connectivity index (χ0) is 8.97. The first-order chi connectivity index (χ1) is 5.70. The summed E-state index contributed by atoms with van der Waals surface area (Å²) in [5.74, 6) is -2.20. The summed E-state index contributed by atoms with van der Waals surface area (Å²) >= 11 is 0. The first-order valence-corrected chi connectivity index (χ1v) is 3.35. The Balaban J connectivity index is 2.65. The average molecular weight is 165 g/mol. The molecule has 0 amide bonds. The van der Waals surface area contributed by atoms with Gasteiger partial charge in [0.15, 0.2) is 0 Å². The number of aromatic nitrogens is 1. The number of carbonyl (C=O) groups excluding carboxylic acids is 1. The number of rotatable bonds is 3. The maximum absolute atomic E-state index is 10.7. The average Bonchev–Trinajstić information content (AvgIpc) is 2.06. The summed E-state index contributed by atoms with van der Waals surface area (Å²) in [4.78, 5) is 24.6. The highest BCUT2D eigenvalue weighted by Crippen LogP contribution is 1.97. The second-order valence-electron chi connectivity index (χ2n) is 2.26. The molecule has 1 heterocycles. The fourth-order valence-corrected chi connectivity index (χ4v) is 0.762. The molecule has 0 radical (unpaired) electrons. The predicted molar refractivity (Wildman–Crippen MR) is 40.6 cm³/mol. The van der Waals surface area contributed by atoms with Gasteiger partial charge in [0.05, 0.1) is 0 Å². The van der Waals surface area contributed by atoms with E-state index in [-0.39, 0.29) is 6.42 Å². The van der Waals surface area contributed by atoms with Gasteiger partial charge in [0.25, 0.3) is 0 Å². The molecule has 1 N–H and O–H groups in total. The summed E-state index contributed by atoms with van der Waals surface area (Å²) in [6.07, 6.45) is 2.97. The lowest BCUT2D eigenvalue weighted by molar-refractivity contribution is -0.148. The Hall–Kier alpha value is -1.71. The highest BCUT2D eigenvalue weighted by Gasteiger charge is 2.11. The van der Waals surface area contributed by atoms with E-state index in [0.717, 1.165) is 0 Å². The van der Waals surface area contributed by atoms with Crippen molar-refractivity contribution in [2.24, 2.45) is 0 Å². The van der Waals surface area contributed by atoms with Crippen molar-refractivity contribution in [3.05, 3.63) is 30.1 Å². The van der Waals surface area contributed by atoms with Gasteiger partial charge < -0.3 is 5.11 Å². The van der Waals surface area contributed by atoms with Gasteiger partial charge in [-0.25, -0.2) is 4.79 Å². The molecule has 12 heavy (non-hydrogen) atoms. The third kappa shape index (κ3) is 2.16. The topological polar surface area (TPSA) is 67.3 Å². The van der Waals surface area contributed by atoms with E-state index in [0.29, 0.717) is 5.56 Å². The summed E-state index contributed by atoms with van der Waals surface area (Å²) in [6, 6.07) is 3.22. The van der Waals surface area contributed by atoms with Crippen LogP contribution < -0.4 is 0 Å². The lowest BCUT2D eigenvalue weighted by Crippen LogP contribution is -2.14. The Labute approximate surface area is 68.9 Å². The number of ketones is 1. The van der Waals surface area contributed by atoms with Crippen molar-refractivity contribution in [2.75, 3.05) is 0 Å². The molecule has 0 fully saturated rings. The van der Waals surface area contributed by atoms with Gasteiger partial charge in [-0.2, -0.15) is 0 Å². The second kappa shape index (κ2) is 3.61. The minimum absolute atomic E-state index is 0.0716. The monoisotopic (exact) mass is 165 g/mol. The van der Waals surface area contributed by atoms with Gasteiger partial charge in [-0.3, -0.25) is 9.78 Å². The number of carboxylic acids is 1. The summed E-state index contributed by atoms with van der Waals surface area (Å²) in [6.45, 7) is 0. The molecule has 0 spiro atoms. The molecule has 62 valence electrons. The van der Waals surface area contributed by atoms with Crippen molar-refractivity contribution in [1.29, 1.82) is 0 Å². The van der Waals surface area contributed by atoms with Crippen molar-refractivity contribution in [3.8, 4) is 0 Å². The van der Waals surface area contributed by atoms with Gasteiger partial charge in [0, 0.05) is 18.8 Å². The summed E-state index contributed by atoms with van der Waals surface area (Å²) < 4.78 is 0. The minimum Gasteiger partial charge on any atom is -0.475 e. The molecular formula is C8H7NO3. The fraction of sp³-hybridized carbons (Fsp3) is 0.125. The quantitative estimate of drug-likeness (QED) is 0.653. The molecule has 0 aromatic carbocycles. The van der Waals surface area contributed by atoms with Gasteiger partial charge in [0.1, 0.15) is 0 Å². The number of hydrogen-bond acceptors (Lipinski definition) is 3. The largest absolute Gasteiger partial charge is 0.475 e. The number of nitrogens with zero attached hydrogens (tertiary/aromatic N) is 1. The fourth-order valence-electron chi connectivity index (χ4n) is 0.762. The number of carboxylic acid groups (broad SMARTS) is 1. The van der Waals surface area contributed by atoms with Crippen LogP contribution in [-0.4, -0.2) is 21.8 Å². The molecule has 0 saturated heterocycles. The third-order valence-electron chi connectivity index (χ3n) is 1.35. The van der Waals surface area contributed by atoms with Crippen LogP contribution in [0.15, 0.2) is 24.5 Å². The normalized spacial score (nSPS) is 9.33. The van der Waals surface area contributed by atoms with Crippen molar-refractivity contribution < 1.29 is 14.7 Å². The number of hydrogen-bond donors (Lipinski definition) is 1. The van der Waals surface area contributed by atoms with Crippen molar-refractivity contribution in [3.63, 3.8) is 0 Å². The van der Waals surface area contributed by atoms with Crippen LogP contribution in [0, 0.1) is 0 Å². The molecule has 1 aromatic heterocycles. The first kappa shape index (κ1) is 8.39. The molecule has 0 saturated carbocycles. The molecular weight excluding hydrogens is 158 g/mol. The Morgan fingerprint density at radius 1 is 1.33 bits per heavy atom. The van der Waals surface area contributed by atoms with E-state index < -0.39 is 11.8 Å². The first-order valence-electron chi connectivity index (χ1n) is 3.35. The van der Waals surface area contributed by atoms with Crippen LogP contribution in [0.5, 0.6) is 0 Å². The summed E-state index contributed by atoms with van der Waals surface area (Å²) in [5.41, 5.74) is 0.664. The van der Waals surface area contributed by atoms with Crippen LogP contribution in [0.1, 0.15) is 5.56 Å². The van der Waals surface area contributed by atoms with Gasteiger partial charge in [-0.05, 0) is 17.7 Å². The van der Waals surface area contributed by atoms with Crippen molar-refractivity contribution in [2.45, 2.75) is 6.42 Å². The smallest absolute Gasteiger partial charge is 0.372 e. The number of Topliss-reactive ketones (excluding diaryl/α,β-unsaturated/α-hetero) is 1. The summed E-state index contributed by atoms with van der Waals surface area (Å²) in [5, 5.41) is 8.28. The predicted octanol–water partition coefficient (Wildman–Crippen LogP) is 0.278. The van der Waals surface area contributed by atoms with E-state index in [2.05, 4.69) is 4.98 Å². The third-order valence-corrected chi connectivity index (χ3v) is 1.35. The van der Waals surface area contributed by atoms with Gasteiger partial charge in [0.2, 0.25) is 5.78 Å². The number of carbonyl (C=O) groups is 2. The molecule has 0 aliphatic carbocycles. The Morgan fingerprint density at radius 2 is 1.92 bits per heavy atom. The minimum atomic E-state index is -1.40. The molecule has 0 unspecified atom stereocenters. The van der Waals surface area contributed by atoms with E-state index in [1.807, 2.05) is 0 Å². The highest BCUT2D eigenvalue weighted by molar-refractivity contribution is 6.33. The molecule has 0 aliphatic heterocycles. The Bertz CT molecular complexity index is 294. The highest BCUT2D eigenvalue weighted by atomic mass is 16.4. The van der Waals surface area contributed by atoms with Gasteiger partial charge >= 0.3 is 5.97 Å². The van der Waals surface area contributed by atoms with Crippen LogP contribution in [0.3, 0.4) is 0 Å². The van der Waals surface area contributed by atoms with Crippen LogP contribution in [0.2, 0.25) is 0 Å². The Kier molecular flexibility index (Phi) is 2.53. The molecule has 0 aliphatic rings. The summed E-state index contributed by atoms with van der Waals surface area (Å²) in [7, 11) is 0. The maximum Gasteiger partial charge on any atom is 0.372 e. The lowest BCUT2D eigenvalue weighted by Gasteiger charge is -1.94. The molecule has 0 atom stereocenters. The van der Waals surface area contributed by atoms with Crippen molar-refractivity contribution >= 4 is 11.8 Å². The molecule has 4 nitrogen and oxygen atoms in total. The van der Waals surface area contributed by atoms with E-state index in [1.54, 1.807) is 12.1 Å². The zero-order valence-electron chi connectivity index (χ0n) is 6.23. The lowest BCUT2D eigenvalue weighted by atomic mass is 10.1. The van der Waals surface area contributed by atoms with Gasteiger partial charge in [-0.1, -0.05) is 0 Å². The van der Waals surface area contributed by atoms with E-state index in [4.69, 9.17) is 5.11 Å². The van der Waals surface area contributed by atoms with Gasteiger partial charge in [-0.15, -0.1) is 0 Å². The molecule has 4 heteroatoms. The maximum atomic E-state index is 10.7. The number of pyridine rings is 1. The number of aliphatic carboxylic acids is 1. The van der Waals surface area contributed by atoms with E-state index in [9.17, 15) is 9.59 Å². The molecule has 1 rings (SSSR count). The SMILES string of the molecule is O=C(O)C(=O)Cc1ccncc1. The standard InChI is InChI=1S/C8H7NO3/c10-7(8(11)12)5-6-1-3-9-4-2-6/h1-4H,5H2,(H,11,12). The zero-order valence-corrected chi connectivity index (χ0v) is 6.23. The van der Waals surface area contributed by atoms with Crippen molar-refractivity contribution in [1.82, 2.24) is 4.98 Å². The second-order valence-corrected chi connectivity index (χ2v) is 2.26. The molecule has 0 bridgehead atoms. The van der Waals surface area contributed by atoms with E-state index >= 15 is 0 Å². The Morgan fingerprint density at radius 3 is 2.42 bits per heavy atom. The van der Waals surface area contributed by atoms with Crippen LogP contribution >= 0.6 is 0 Å². The van der Waals surface area contributed by atoms with Crippen LogP contribution in [0.4, 0.5) is 0 Å².